The van der Waals surface area contributed by atoms with Crippen LogP contribution in [0, 0.1) is 0 Å². The van der Waals surface area contributed by atoms with Gasteiger partial charge >= 0.3 is 7.82 Å². The zero-order chi connectivity index (χ0) is 29.6. The Morgan fingerprint density at radius 3 is 2.07 bits per heavy atom. The summed E-state index contributed by atoms with van der Waals surface area (Å²) in [5, 5.41) is 2.90. The molecule has 0 unspecified atom stereocenters. The predicted molar refractivity (Wildman–Crippen MR) is 166 cm³/mol. The molecule has 0 saturated heterocycles. The molecular weight excluding hydrogens is 537 g/mol. The summed E-state index contributed by atoms with van der Waals surface area (Å²) in [6.07, 6.45) is 19.5. The minimum Gasteiger partial charge on any atom is -0.489 e. The van der Waals surface area contributed by atoms with Crippen molar-refractivity contribution < 1.29 is 28.4 Å². The SMILES string of the molecule is CCCCCCCC/C=C\CCCCCCC(=O)N[C@@H](COP(=O)(O)O)Cc1ccc(OCc2ccccc2)cc1. The van der Waals surface area contributed by atoms with Crippen molar-refractivity contribution >= 4 is 13.7 Å². The van der Waals surface area contributed by atoms with Gasteiger partial charge in [-0.3, -0.25) is 9.32 Å². The van der Waals surface area contributed by atoms with E-state index in [1.54, 1.807) is 0 Å². The minimum atomic E-state index is -4.64. The van der Waals surface area contributed by atoms with E-state index in [2.05, 4.69) is 24.4 Å². The van der Waals surface area contributed by atoms with E-state index >= 15 is 0 Å². The van der Waals surface area contributed by atoms with Crippen LogP contribution in [0.5, 0.6) is 5.75 Å². The number of allylic oxidation sites excluding steroid dienone is 2. The van der Waals surface area contributed by atoms with Crippen molar-refractivity contribution in [2.75, 3.05) is 6.61 Å². The summed E-state index contributed by atoms with van der Waals surface area (Å²) < 4.78 is 21.8. The van der Waals surface area contributed by atoms with Crippen LogP contribution in [-0.2, 0) is 26.9 Å². The van der Waals surface area contributed by atoms with E-state index in [0.29, 0.717) is 19.4 Å². The molecule has 0 spiro atoms. The van der Waals surface area contributed by atoms with Crippen molar-refractivity contribution in [2.45, 2.75) is 109 Å². The van der Waals surface area contributed by atoms with E-state index in [0.717, 1.165) is 49.0 Å². The van der Waals surface area contributed by atoms with Crippen LogP contribution in [0.1, 0.15) is 102 Å². The van der Waals surface area contributed by atoms with Crippen LogP contribution in [0.25, 0.3) is 0 Å². The standard InChI is InChI=1S/C33H50NO6P/c1-2-3-4-5-6-7-8-9-10-11-12-13-14-18-21-33(35)34-31(28-40-41(36,37)38)26-29-22-24-32(25-23-29)39-27-30-19-16-15-17-20-30/h9-10,15-17,19-20,22-25,31H,2-8,11-14,18,21,26-28H2,1H3,(H,34,35)(H2,36,37,38)/b10-9-/t31-/m1/s1. The molecule has 1 atom stereocenters. The molecule has 2 aromatic rings. The molecule has 7 nitrogen and oxygen atoms in total. The van der Waals surface area contributed by atoms with E-state index in [4.69, 9.17) is 19.0 Å². The molecule has 2 rings (SSSR count). The largest absolute Gasteiger partial charge is 0.489 e. The molecule has 1 amide bonds. The fraction of sp³-hybridized carbons (Fsp3) is 0.545. The van der Waals surface area contributed by atoms with Crippen molar-refractivity contribution in [2.24, 2.45) is 0 Å². The van der Waals surface area contributed by atoms with Crippen LogP contribution in [0.15, 0.2) is 66.7 Å². The van der Waals surface area contributed by atoms with E-state index < -0.39 is 13.9 Å². The monoisotopic (exact) mass is 587 g/mol. The summed E-state index contributed by atoms with van der Waals surface area (Å²) in [6, 6.07) is 16.8. The Hall–Kier alpha value is -2.44. The Morgan fingerprint density at radius 1 is 0.829 bits per heavy atom. The summed E-state index contributed by atoms with van der Waals surface area (Å²) in [6.45, 7) is 2.44. The van der Waals surface area contributed by atoms with Crippen LogP contribution in [0.2, 0.25) is 0 Å². The highest BCUT2D eigenvalue weighted by Gasteiger charge is 2.20. The van der Waals surface area contributed by atoms with Gasteiger partial charge in [0.05, 0.1) is 12.6 Å². The second-order valence-corrected chi connectivity index (χ2v) is 11.9. The first-order valence-electron chi connectivity index (χ1n) is 15.3. The van der Waals surface area contributed by atoms with E-state index in [1.165, 1.54) is 44.9 Å². The van der Waals surface area contributed by atoms with Crippen molar-refractivity contribution in [3.05, 3.63) is 77.9 Å². The lowest BCUT2D eigenvalue weighted by Crippen LogP contribution is -2.39. The van der Waals surface area contributed by atoms with E-state index in [9.17, 15) is 9.36 Å². The zero-order valence-electron chi connectivity index (χ0n) is 24.7. The lowest BCUT2D eigenvalue weighted by Gasteiger charge is -2.19. The van der Waals surface area contributed by atoms with Crippen molar-refractivity contribution in [3.63, 3.8) is 0 Å². The van der Waals surface area contributed by atoms with Crippen LogP contribution < -0.4 is 10.1 Å². The topological polar surface area (TPSA) is 105 Å². The summed E-state index contributed by atoms with van der Waals surface area (Å²) in [5.41, 5.74) is 1.98. The summed E-state index contributed by atoms with van der Waals surface area (Å²) >= 11 is 0. The molecular formula is C33H50NO6P. The summed E-state index contributed by atoms with van der Waals surface area (Å²) in [7, 11) is -4.64. The first-order valence-corrected chi connectivity index (χ1v) is 16.8. The van der Waals surface area contributed by atoms with Crippen LogP contribution >= 0.6 is 7.82 Å². The molecule has 0 radical (unpaired) electrons. The smallest absolute Gasteiger partial charge is 0.469 e. The maximum atomic E-state index is 12.6. The second kappa shape index (κ2) is 21.3. The first kappa shape index (κ1) is 34.8. The van der Waals surface area contributed by atoms with Gasteiger partial charge in [0.1, 0.15) is 12.4 Å². The highest BCUT2D eigenvalue weighted by atomic mass is 31.2. The number of amides is 1. The van der Waals surface area contributed by atoms with Crippen LogP contribution in [0.3, 0.4) is 0 Å². The number of phosphoric ester groups is 1. The average Bonchev–Trinajstić information content (AvgIpc) is 2.96. The molecule has 0 aliphatic rings. The average molecular weight is 588 g/mol. The molecule has 0 bridgehead atoms. The molecule has 0 aliphatic carbocycles. The lowest BCUT2D eigenvalue weighted by atomic mass is 10.1. The van der Waals surface area contributed by atoms with Gasteiger partial charge in [0.15, 0.2) is 0 Å². The molecule has 228 valence electrons. The highest BCUT2D eigenvalue weighted by molar-refractivity contribution is 7.46. The Balaban J connectivity index is 1.66. The third-order valence-electron chi connectivity index (χ3n) is 6.88. The molecule has 0 aromatic heterocycles. The number of benzene rings is 2. The number of hydrogen-bond acceptors (Lipinski definition) is 4. The molecule has 8 heteroatoms. The fourth-order valence-corrected chi connectivity index (χ4v) is 4.94. The van der Waals surface area contributed by atoms with Gasteiger partial charge in [-0.25, -0.2) is 4.57 Å². The van der Waals surface area contributed by atoms with Crippen LogP contribution in [0.4, 0.5) is 0 Å². The summed E-state index contributed by atoms with van der Waals surface area (Å²) in [5.74, 6) is 0.587. The van der Waals surface area contributed by atoms with Gasteiger partial charge in [0.2, 0.25) is 5.91 Å². The number of nitrogens with one attached hydrogen (secondary N) is 1. The number of carbonyl (C=O) groups excluding carboxylic acids is 1. The fourth-order valence-electron chi connectivity index (χ4n) is 4.57. The quantitative estimate of drug-likeness (QED) is 0.0690. The third kappa shape index (κ3) is 18.6. The van der Waals surface area contributed by atoms with Gasteiger partial charge in [-0.2, -0.15) is 0 Å². The minimum absolute atomic E-state index is 0.133. The summed E-state index contributed by atoms with van der Waals surface area (Å²) in [4.78, 5) is 30.9. The number of carbonyl (C=O) groups is 1. The third-order valence-corrected chi connectivity index (χ3v) is 7.36. The van der Waals surface area contributed by atoms with Gasteiger partial charge in [0.25, 0.3) is 0 Å². The van der Waals surface area contributed by atoms with Crippen molar-refractivity contribution in [1.82, 2.24) is 5.32 Å². The predicted octanol–water partition coefficient (Wildman–Crippen LogP) is 8.05. The lowest BCUT2D eigenvalue weighted by molar-refractivity contribution is -0.122. The molecule has 0 heterocycles. The van der Waals surface area contributed by atoms with Gasteiger partial charge in [0, 0.05) is 6.42 Å². The van der Waals surface area contributed by atoms with Gasteiger partial charge in [-0.1, -0.05) is 106 Å². The normalized spacial score (nSPS) is 12.5. The molecule has 3 N–H and O–H groups in total. The van der Waals surface area contributed by atoms with Crippen molar-refractivity contribution in [1.29, 1.82) is 0 Å². The van der Waals surface area contributed by atoms with E-state index in [-0.39, 0.29) is 12.5 Å². The highest BCUT2D eigenvalue weighted by Crippen LogP contribution is 2.35. The zero-order valence-corrected chi connectivity index (χ0v) is 25.6. The van der Waals surface area contributed by atoms with Gasteiger partial charge in [-0.15, -0.1) is 0 Å². The van der Waals surface area contributed by atoms with Crippen LogP contribution in [-0.4, -0.2) is 28.3 Å². The maximum absolute atomic E-state index is 12.6. The number of phosphoric acid groups is 1. The van der Waals surface area contributed by atoms with Crippen molar-refractivity contribution in [3.8, 4) is 5.75 Å². The number of ether oxygens (including phenoxy) is 1. The van der Waals surface area contributed by atoms with Gasteiger partial charge in [-0.05, 0) is 61.8 Å². The Kier molecular flexibility index (Phi) is 18.0. The second-order valence-electron chi connectivity index (χ2n) is 10.7. The molecule has 0 aliphatic heterocycles. The maximum Gasteiger partial charge on any atom is 0.469 e. The number of unbranched alkanes of at least 4 members (excludes halogenated alkanes) is 10. The molecule has 41 heavy (non-hydrogen) atoms. The first-order chi connectivity index (χ1) is 19.9. The number of hydrogen-bond donors (Lipinski definition) is 3. The molecule has 0 fully saturated rings. The number of rotatable bonds is 23. The molecule has 0 saturated carbocycles. The Morgan fingerprint density at radius 2 is 1.44 bits per heavy atom. The Bertz CT molecular complexity index is 1020. The van der Waals surface area contributed by atoms with Gasteiger partial charge < -0.3 is 19.8 Å². The van der Waals surface area contributed by atoms with E-state index in [1.807, 2.05) is 54.6 Å². The molecule has 2 aromatic carbocycles. The Labute approximate surface area is 247 Å².